The monoisotopic (exact) mass is 267 g/mol. The molecule has 0 aromatic carbocycles. The minimum absolute atomic E-state index is 0.0311. The van der Waals surface area contributed by atoms with Crippen molar-refractivity contribution in [3.8, 4) is 0 Å². The van der Waals surface area contributed by atoms with Gasteiger partial charge in [0.15, 0.2) is 17.1 Å². The Balaban J connectivity index is 2.01. The number of nitrogens with zero attached hydrogens (tertiary/aromatic N) is 1. The van der Waals surface area contributed by atoms with E-state index in [1.165, 1.54) is 0 Å². The van der Waals surface area contributed by atoms with Crippen molar-refractivity contribution in [2.24, 2.45) is 0 Å². The molecule has 0 spiro atoms. The summed E-state index contributed by atoms with van der Waals surface area (Å²) in [6.45, 7) is 0.795. The molecule has 0 saturated carbocycles. The first-order valence-corrected chi connectivity index (χ1v) is 5.58. The van der Waals surface area contributed by atoms with Gasteiger partial charge in [0.05, 0.1) is 24.5 Å². The number of carbonyl (C=O) groups is 1. The molecular weight excluding hydrogens is 259 g/mol. The van der Waals surface area contributed by atoms with Crippen LogP contribution in [0.25, 0.3) is 0 Å². The van der Waals surface area contributed by atoms with E-state index in [0.29, 0.717) is 24.6 Å². The van der Waals surface area contributed by atoms with Gasteiger partial charge < -0.3 is 9.47 Å². The maximum absolute atomic E-state index is 12.3. The molecule has 1 aliphatic heterocycles. The Morgan fingerprint density at radius 3 is 2.65 bits per heavy atom. The van der Waals surface area contributed by atoms with Crippen molar-refractivity contribution >= 4 is 17.1 Å². The zero-order valence-corrected chi connectivity index (χ0v) is 9.31. The fourth-order valence-corrected chi connectivity index (χ4v) is 2.04. The largest absolute Gasteiger partial charge is 0.443 e. The third-order valence-electron chi connectivity index (χ3n) is 2.07. The highest BCUT2D eigenvalue weighted by molar-refractivity contribution is 7.13. The van der Waals surface area contributed by atoms with Crippen LogP contribution in [0.4, 0.5) is 13.2 Å². The zero-order valence-electron chi connectivity index (χ0n) is 8.49. The van der Waals surface area contributed by atoms with E-state index in [9.17, 15) is 18.0 Å². The molecule has 0 bridgehead atoms. The number of rotatable bonds is 3. The first-order valence-electron chi connectivity index (χ1n) is 4.76. The summed E-state index contributed by atoms with van der Waals surface area (Å²) in [4.78, 5) is 14.7. The molecule has 2 heterocycles. The minimum atomic E-state index is -4.51. The molecule has 0 N–H and O–H groups in total. The average molecular weight is 267 g/mol. The molecule has 0 amide bonds. The molecule has 0 radical (unpaired) electrons. The molecule has 1 aromatic heterocycles. The van der Waals surface area contributed by atoms with Gasteiger partial charge in [-0.3, -0.25) is 4.79 Å². The van der Waals surface area contributed by atoms with E-state index in [-0.39, 0.29) is 11.3 Å². The summed E-state index contributed by atoms with van der Waals surface area (Å²) in [5, 5.41) is -1.02. The number of hydrogen-bond donors (Lipinski definition) is 0. The number of ether oxygens (including phenoxy) is 2. The van der Waals surface area contributed by atoms with Crippen molar-refractivity contribution < 1.29 is 27.4 Å². The van der Waals surface area contributed by atoms with Gasteiger partial charge >= 0.3 is 6.18 Å². The van der Waals surface area contributed by atoms with E-state index in [1.807, 2.05) is 0 Å². The molecule has 8 heteroatoms. The molecule has 4 nitrogen and oxygen atoms in total. The summed E-state index contributed by atoms with van der Waals surface area (Å²) in [6, 6.07) is 0. The van der Waals surface area contributed by atoms with E-state index < -0.39 is 23.3 Å². The SMILES string of the molecule is O=C(CC1OCCO1)c1cnc(C(F)(F)F)s1. The number of hydrogen-bond acceptors (Lipinski definition) is 5. The summed E-state index contributed by atoms with van der Waals surface area (Å²) < 4.78 is 46.8. The van der Waals surface area contributed by atoms with Crippen LogP contribution >= 0.6 is 11.3 Å². The van der Waals surface area contributed by atoms with Crippen molar-refractivity contribution in [3.63, 3.8) is 0 Å². The van der Waals surface area contributed by atoms with Gasteiger partial charge in [0.1, 0.15) is 0 Å². The lowest BCUT2D eigenvalue weighted by Crippen LogP contribution is -2.13. The number of alkyl halides is 3. The fraction of sp³-hybridized carbons (Fsp3) is 0.556. The number of aromatic nitrogens is 1. The quantitative estimate of drug-likeness (QED) is 0.787. The number of ketones is 1. The summed E-state index contributed by atoms with van der Waals surface area (Å²) in [5.74, 6) is -0.454. The van der Waals surface area contributed by atoms with Crippen LogP contribution < -0.4 is 0 Å². The lowest BCUT2D eigenvalue weighted by atomic mass is 10.2. The minimum Gasteiger partial charge on any atom is -0.350 e. The molecule has 0 atom stereocenters. The predicted octanol–water partition coefficient (Wildman–Crippen LogP) is 2.11. The van der Waals surface area contributed by atoms with Crippen LogP contribution in [0.15, 0.2) is 6.20 Å². The normalized spacial score (nSPS) is 17.6. The Labute approximate surface area is 98.4 Å². The maximum Gasteiger partial charge on any atom is 0.443 e. The second-order valence-electron chi connectivity index (χ2n) is 3.33. The molecule has 1 saturated heterocycles. The van der Waals surface area contributed by atoms with Crippen molar-refractivity contribution in [2.75, 3.05) is 13.2 Å². The Morgan fingerprint density at radius 2 is 2.12 bits per heavy atom. The van der Waals surface area contributed by atoms with Crippen molar-refractivity contribution in [2.45, 2.75) is 18.9 Å². The van der Waals surface area contributed by atoms with Crippen LogP contribution in [0.1, 0.15) is 21.1 Å². The summed E-state index contributed by atoms with van der Waals surface area (Å²) in [5.41, 5.74) is 0. The molecule has 1 aromatic rings. The Kier molecular flexibility index (Phi) is 3.45. The van der Waals surface area contributed by atoms with Gasteiger partial charge in [-0.2, -0.15) is 13.2 Å². The van der Waals surface area contributed by atoms with Gasteiger partial charge in [-0.05, 0) is 0 Å². The van der Waals surface area contributed by atoms with Crippen molar-refractivity contribution in [3.05, 3.63) is 16.1 Å². The molecule has 1 fully saturated rings. The lowest BCUT2D eigenvalue weighted by molar-refractivity contribution is -0.137. The van der Waals surface area contributed by atoms with Gasteiger partial charge in [0.25, 0.3) is 0 Å². The fourth-order valence-electron chi connectivity index (χ4n) is 1.31. The second-order valence-corrected chi connectivity index (χ2v) is 4.36. The number of Topliss-reactive ketones (excluding diaryl/α,β-unsaturated/α-hetero) is 1. The third kappa shape index (κ3) is 3.02. The molecule has 0 unspecified atom stereocenters. The van der Waals surface area contributed by atoms with Gasteiger partial charge in [0, 0.05) is 6.20 Å². The molecule has 1 aliphatic rings. The summed E-state index contributed by atoms with van der Waals surface area (Å²) >= 11 is 0.335. The van der Waals surface area contributed by atoms with Crippen molar-refractivity contribution in [1.82, 2.24) is 4.98 Å². The summed E-state index contributed by atoms with van der Waals surface area (Å²) in [7, 11) is 0. The van der Waals surface area contributed by atoms with Crippen LogP contribution in [0.2, 0.25) is 0 Å². The number of carbonyl (C=O) groups excluding carboxylic acids is 1. The Morgan fingerprint density at radius 1 is 1.47 bits per heavy atom. The van der Waals surface area contributed by atoms with Gasteiger partial charge in [-0.15, -0.1) is 11.3 Å². The first-order chi connectivity index (χ1) is 7.97. The molecule has 2 rings (SSSR count). The van der Waals surface area contributed by atoms with Crippen LogP contribution in [0.5, 0.6) is 0 Å². The van der Waals surface area contributed by atoms with E-state index >= 15 is 0 Å². The van der Waals surface area contributed by atoms with Crippen LogP contribution in [-0.4, -0.2) is 30.3 Å². The zero-order chi connectivity index (χ0) is 12.5. The van der Waals surface area contributed by atoms with E-state index in [0.717, 1.165) is 6.20 Å². The predicted molar refractivity (Wildman–Crippen MR) is 51.8 cm³/mol. The van der Waals surface area contributed by atoms with Gasteiger partial charge in [-0.25, -0.2) is 4.98 Å². The lowest BCUT2D eigenvalue weighted by Gasteiger charge is -2.05. The standard InChI is InChI=1S/C9H8F3NO3S/c10-9(11,12)8-13-4-6(17-8)5(14)3-7-15-1-2-16-7/h4,7H,1-3H2. The van der Waals surface area contributed by atoms with Crippen LogP contribution in [0, 0.1) is 0 Å². The van der Waals surface area contributed by atoms with E-state index in [2.05, 4.69) is 4.98 Å². The summed E-state index contributed by atoms with van der Waals surface area (Å²) in [6.07, 6.45) is -4.31. The van der Waals surface area contributed by atoms with Crippen molar-refractivity contribution in [1.29, 1.82) is 0 Å². The molecule has 0 aliphatic carbocycles. The molecule has 94 valence electrons. The maximum atomic E-state index is 12.3. The van der Waals surface area contributed by atoms with E-state index in [1.54, 1.807) is 0 Å². The number of halogens is 3. The Bertz CT molecular complexity index is 412. The topological polar surface area (TPSA) is 48.4 Å². The third-order valence-corrected chi connectivity index (χ3v) is 3.15. The Hall–Kier alpha value is -0.990. The number of thiazole rings is 1. The molecule has 17 heavy (non-hydrogen) atoms. The highest BCUT2D eigenvalue weighted by Gasteiger charge is 2.35. The van der Waals surface area contributed by atoms with Gasteiger partial charge in [0.2, 0.25) is 0 Å². The first kappa shape index (κ1) is 12.5. The second kappa shape index (κ2) is 4.71. The van der Waals surface area contributed by atoms with Gasteiger partial charge in [-0.1, -0.05) is 0 Å². The average Bonchev–Trinajstić information content (AvgIpc) is 2.85. The highest BCUT2D eigenvalue weighted by atomic mass is 32.1. The molecular formula is C9H8F3NO3S. The smallest absolute Gasteiger partial charge is 0.350 e. The highest BCUT2D eigenvalue weighted by Crippen LogP contribution is 2.32. The van der Waals surface area contributed by atoms with E-state index in [4.69, 9.17) is 9.47 Å². The van der Waals surface area contributed by atoms with Crippen LogP contribution in [0.3, 0.4) is 0 Å². The van der Waals surface area contributed by atoms with Crippen LogP contribution in [-0.2, 0) is 15.7 Å².